The molecule has 0 saturated heterocycles. The van der Waals surface area contributed by atoms with Crippen molar-refractivity contribution in [1.29, 1.82) is 0 Å². The monoisotopic (exact) mass is 391 g/mol. The standard InChI is InChI=1S/C24H25NO4/c1-17(22-14-13-21(27-2)16-23(22)28-3)15-24(26)25-18-9-11-20(12-10-18)29-19-7-5-4-6-8-19/h4-14,16-17H,15H2,1-3H3,(H,25,26). The summed E-state index contributed by atoms with van der Waals surface area (Å²) in [5.41, 5.74) is 1.69. The Kier molecular flexibility index (Phi) is 6.74. The fraction of sp³-hybridized carbons (Fsp3) is 0.208. The first-order valence-corrected chi connectivity index (χ1v) is 9.44. The molecule has 0 spiro atoms. The van der Waals surface area contributed by atoms with Crippen molar-refractivity contribution in [3.63, 3.8) is 0 Å². The third-order valence-electron chi connectivity index (χ3n) is 4.58. The van der Waals surface area contributed by atoms with Crippen molar-refractivity contribution in [3.05, 3.63) is 78.4 Å². The highest BCUT2D eigenvalue weighted by Crippen LogP contribution is 2.32. The van der Waals surface area contributed by atoms with Crippen LogP contribution in [0.2, 0.25) is 0 Å². The molecule has 5 nitrogen and oxygen atoms in total. The summed E-state index contributed by atoms with van der Waals surface area (Å²) >= 11 is 0. The van der Waals surface area contributed by atoms with Gasteiger partial charge in [0, 0.05) is 18.2 Å². The van der Waals surface area contributed by atoms with E-state index in [0.29, 0.717) is 17.9 Å². The fourth-order valence-electron chi connectivity index (χ4n) is 3.06. The van der Waals surface area contributed by atoms with Crippen molar-refractivity contribution in [1.82, 2.24) is 0 Å². The molecule has 3 rings (SSSR count). The first kappa shape index (κ1) is 20.3. The molecule has 1 amide bonds. The van der Waals surface area contributed by atoms with Crippen LogP contribution in [0.5, 0.6) is 23.0 Å². The maximum absolute atomic E-state index is 12.5. The van der Waals surface area contributed by atoms with Crippen LogP contribution in [0.15, 0.2) is 72.8 Å². The predicted octanol–water partition coefficient (Wildman–Crippen LogP) is 5.63. The van der Waals surface area contributed by atoms with Crippen LogP contribution >= 0.6 is 0 Å². The Morgan fingerprint density at radius 1 is 0.862 bits per heavy atom. The minimum Gasteiger partial charge on any atom is -0.497 e. The van der Waals surface area contributed by atoms with E-state index >= 15 is 0 Å². The number of carbonyl (C=O) groups excluding carboxylic acids is 1. The topological polar surface area (TPSA) is 56.8 Å². The first-order chi connectivity index (χ1) is 14.1. The summed E-state index contributed by atoms with van der Waals surface area (Å²) in [6, 6.07) is 22.5. The number of nitrogens with one attached hydrogen (secondary N) is 1. The van der Waals surface area contributed by atoms with E-state index in [2.05, 4.69) is 5.32 Å². The van der Waals surface area contributed by atoms with Crippen molar-refractivity contribution in [2.45, 2.75) is 19.3 Å². The van der Waals surface area contributed by atoms with Gasteiger partial charge in [-0.3, -0.25) is 4.79 Å². The maximum Gasteiger partial charge on any atom is 0.224 e. The molecule has 0 fully saturated rings. The molecular formula is C24H25NO4. The second kappa shape index (κ2) is 9.64. The predicted molar refractivity (Wildman–Crippen MR) is 114 cm³/mol. The van der Waals surface area contributed by atoms with Gasteiger partial charge in [-0.25, -0.2) is 0 Å². The van der Waals surface area contributed by atoms with Crippen LogP contribution in [0.3, 0.4) is 0 Å². The summed E-state index contributed by atoms with van der Waals surface area (Å²) in [4.78, 5) is 12.5. The third kappa shape index (κ3) is 5.51. The van der Waals surface area contributed by atoms with Gasteiger partial charge in [-0.1, -0.05) is 31.2 Å². The fourth-order valence-corrected chi connectivity index (χ4v) is 3.06. The molecular weight excluding hydrogens is 366 g/mol. The van der Waals surface area contributed by atoms with Gasteiger partial charge in [-0.2, -0.15) is 0 Å². The summed E-state index contributed by atoms with van der Waals surface area (Å²) < 4.78 is 16.4. The lowest BCUT2D eigenvalue weighted by atomic mass is 9.96. The molecule has 0 aliphatic carbocycles. The minimum atomic E-state index is -0.0629. The largest absolute Gasteiger partial charge is 0.497 e. The van der Waals surface area contributed by atoms with E-state index < -0.39 is 0 Å². The van der Waals surface area contributed by atoms with Crippen molar-refractivity contribution < 1.29 is 19.0 Å². The number of rotatable bonds is 8. The molecule has 150 valence electrons. The van der Waals surface area contributed by atoms with Crippen LogP contribution in [-0.4, -0.2) is 20.1 Å². The summed E-state index contributed by atoms with van der Waals surface area (Å²) in [5, 5.41) is 2.93. The molecule has 1 unspecified atom stereocenters. The number of methoxy groups -OCH3 is 2. The molecule has 3 aromatic carbocycles. The third-order valence-corrected chi connectivity index (χ3v) is 4.58. The Labute approximate surface area is 171 Å². The van der Waals surface area contributed by atoms with Gasteiger partial charge in [0.2, 0.25) is 5.91 Å². The van der Waals surface area contributed by atoms with Gasteiger partial charge < -0.3 is 19.5 Å². The summed E-state index contributed by atoms with van der Waals surface area (Å²) in [7, 11) is 3.23. The van der Waals surface area contributed by atoms with Crippen LogP contribution in [0, 0.1) is 0 Å². The van der Waals surface area contributed by atoms with Gasteiger partial charge in [-0.15, -0.1) is 0 Å². The molecule has 0 aromatic heterocycles. The maximum atomic E-state index is 12.5. The molecule has 0 aliphatic rings. The molecule has 1 N–H and O–H groups in total. The molecule has 0 saturated carbocycles. The second-order valence-electron chi connectivity index (χ2n) is 6.70. The highest BCUT2D eigenvalue weighted by Gasteiger charge is 2.16. The van der Waals surface area contributed by atoms with Gasteiger partial charge in [0.1, 0.15) is 23.0 Å². The highest BCUT2D eigenvalue weighted by molar-refractivity contribution is 5.91. The lowest BCUT2D eigenvalue weighted by Gasteiger charge is -2.16. The lowest BCUT2D eigenvalue weighted by Crippen LogP contribution is -2.14. The van der Waals surface area contributed by atoms with Gasteiger partial charge in [0.15, 0.2) is 0 Å². The van der Waals surface area contributed by atoms with E-state index in [1.165, 1.54) is 0 Å². The van der Waals surface area contributed by atoms with E-state index in [0.717, 1.165) is 22.7 Å². The van der Waals surface area contributed by atoms with E-state index in [-0.39, 0.29) is 11.8 Å². The molecule has 0 heterocycles. The lowest BCUT2D eigenvalue weighted by molar-refractivity contribution is -0.116. The zero-order chi connectivity index (χ0) is 20.6. The SMILES string of the molecule is COc1ccc(C(C)CC(=O)Nc2ccc(Oc3ccccc3)cc2)c(OC)c1. The van der Waals surface area contributed by atoms with Gasteiger partial charge in [0.25, 0.3) is 0 Å². The van der Waals surface area contributed by atoms with E-state index in [1.807, 2.05) is 79.7 Å². The Hall–Kier alpha value is -3.47. The van der Waals surface area contributed by atoms with Crippen LogP contribution in [0.4, 0.5) is 5.69 Å². The minimum absolute atomic E-state index is 0.00320. The quantitative estimate of drug-likeness (QED) is 0.541. The van der Waals surface area contributed by atoms with Crippen LogP contribution in [0.25, 0.3) is 0 Å². The Bertz CT molecular complexity index is 939. The molecule has 0 bridgehead atoms. The molecule has 1 atom stereocenters. The number of benzene rings is 3. The molecule has 3 aromatic rings. The normalized spacial score (nSPS) is 11.4. The number of hydrogen-bond donors (Lipinski definition) is 1. The smallest absolute Gasteiger partial charge is 0.224 e. The highest BCUT2D eigenvalue weighted by atomic mass is 16.5. The second-order valence-corrected chi connectivity index (χ2v) is 6.70. The van der Waals surface area contributed by atoms with Crippen LogP contribution in [0.1, 0.15) is 24.8 Å². The van der Waals surface area contributed by atoms with Gasteiger partial charge in [-0.05, 0) is 53.9 Å². The zero-order valence-electron chi connectivity index (χ0n) is 16.8. The first-order valence-electron chi connectivity index (χ1n) is 9.44. The average Bonchev–Trinajstić information content (AvgIpc) is 2.75. The van der Waals surface area contributed by atoms with Crippen LogP contribution in [-0.2, 0) is 4.79 Å². The molecule has 5 heteroatoms. The van der Waals surface area contributed by atoms with E-state index in [4.69, 9.17) is 14.2 Å². The van der Waals surface area contributed by atoms with Gasteiger partial charge in [0.05, 0.1) is 14.2 Å². The van der Waals surface area contributed by atoms with Crippen LogP contribution < -0.4 is 19.5 Å². The zero-order valence-corrected chi connectivity index (χ0v) is 16.8. The van der Waals surface area contributed by atoms with E-state index in [9.17, 15) is 4.79 Å². The Balaban J connectivity index is 1.59. The van der Waals surface area contributed by atoms with Crippen molar-refractivity contribution in [3.8, 4) is 23.0 Å². The number of carbonyl (C=O) groups is 1. The average molecular weight is 391 g/mol. The molecule has 0 radical (unpaired) electrons. The van der Waals surface area contributed by atoms with Crippen molar-refractivity contribution in [2.24, 2.45) is 0 Å². The Morgan fingerprint density at radius 3 is 2.17 bits per heavy atom. The van der Waals surface area contributed by atoms with Crippen molar-refractivity contribution >= 4 is 11.6 Å². The van der Waals surface area contributed by atoms with Crippen molar-refractivity contribution in [2.75, 3.05) is 19.5 Å². The summed E-state index contributed by atoms with van der Waals surface area (Å²) in [6.07, 6.45) is 0.338. The number of hydrogen-bond acceptors (Lipinski definition) is 4. The number of anilines is 1. The van der Waals surface area contributed by atoms with E-state index in [1.54, 1.807) is 14.2 Å². The number of ether oxygens (including phenoxy) is 3. The number of para-hydroxylation sites is 1. The van der Waals surface area contributed by atoms with Gasteiger partial charge >= 0.3 is 0 Å². The molecule has 29 heavy (non-hydrogen) atoms. The molecule has 0 aliphatic heterocycles. The Morgan fingerprint density at radius 2 is 1.52 bits per heavy atom. The summed E-state index contributed by atoms with van der Waals surface area (Å²) in [5.74, 6) is 2.85. The number of amides is 1. The summed E-state index contributed by atoms with van der Waals surface area (Å²) in [6.45, 7) is 2.00.